The molecular weight excluding hydrogens is 785 g/mol. The number of hydrogen-bond acceptors (Lipinski definition) is 7. The predicted molar refractivity (Wildman–Crippen MR) is 250 cm³/mol. The summed E-state index contributed by atoms with van der Waals surface area (Å²) in [7, 11) is 0. The minimum Gasteiger partial charge on any atom is -0.508 e. The van der Waals surface area contributed by atoms with Gasteiger partial charge in [-0.15, -0.1) is 0 Å². The SMILES string of the molecule is CC1(O)C(O)=C(O)C(O)=C(O)C1c1c2ccccc2c(-c2cc(C3=CC(c4cccc5c4oc4ccccc45)C4(C)Oc5ccccc5C4=C3)c3ccccc3c2)c2ccccc12. The smallest absolute Gasteiger partial charge is 0.202 e. The lowest BCUT2D eigenvalue weighted by Crippen LogP contribution is -2.40. The van der Waals surface area contributed by atoms with Crippen LogP contribution in [0.1, 0.15) is 47.9 Å². The Morgan fingerprint density at radius 1 is 0.571 bits per heavy atom. The highest BCUT2D eigenvalue weighted by Crippen LogP contribution is 2.57. The Morgan fingerprint density at radius 3 is 1.94 bits per heavy atom. The number of hydrogen-bond donors (Lipinski definition) is 5. The lowest BCUT2D eigenvalue weighted by Gasteiger charge is -2.37. The van der Waals surface area contributed by atoms with E-state index < -0.39 is 40.2 Å². The number of aliphatic hydroxyl groups excluding tert-OH is 4. The molecule has 306 valence electrons. The van der Waals surface area contributed by atoms with Gasteiger partial charge >= 0.3 is 0 Å². The van der Waals surface area contributed by atoms with Crippen LogP contribution in [-0.2, 0) is 0 Å². The third kappa shape index (κ3) is 5.11. The molecule has 0 bridgehead atoms. The van der Waals surface area contributed by atoms with E-state index in [0.717, 1.165) is 88.2 Å². The molecule has 9 aromatic rings. The van der Waals surface area contributed by atoms with Gasteiger partial charge in [0.2, 0.25) is 5.76 Å². The van der Waals surface area contributed by atoms with Crippen molar-refractivity contribution in [3.63, 3.8) is 0 Å². The molecule has 7 heteroatoms. The number of aliphatic hydroxyl groups is 5. The van der Waals surface area contributed by atoms with Gasteiger partial charge in [-0.3, -0.25) is 0 Å². The number of ether oxygens (including phenoxy) is 1. The number of fused-ring (bicyclic) bond motifs is 9. The van der Waals surface area contributed by atoms with Crippen molar-refractivity contribution in [1.82, 2.24) is 0 Å². The second kappa shape index (κ2) is 13.1. The molecule has 8 aromatic carbocycles. The van der Waals surface area contributed by atoms with E-state index in [9.17, 15) is 25.5 Å². The second-order valence-corrected chi connectivity index (χ2v) is 17.3. The minimum atomic E-state index is -2.16. The third-order valence-electron chi connectivity index (χ3n) is 13.8. The maximum Gasteiger partial charge on any atom is 0.202 e. The van der Waals surface area contributed by atoms with Crippen molar-refractivity contribution in [2.45, 2.75) is 36.9 Å². The highest BCUT2D eigenvalue weighted by Gasteiger charge is 2.50. The summed E-state index contributed by atoms with van der Waals surface area (Å²) >= 11 is 0. The molecule has 4 atom stereocenters. The first kappa shape index (κ1) is 37.1. The van der Waals surface area contributed by atoms with Crippen LogP contribution in [0.4, 0.5) is 0 Å². The summed E-state index contributed by atoms with van der Waals surface area (Å²) in [5.74, 6) is -4.03. The Labute approximate surface area is 361 Å². The number of rotatable bonds is 4. The average molecular weight is 825 g/mol. The summed E-state index contributed by atoms with van der Waals surface area (Å²) in [6, 6.07) is 51.3. The van der Waals surface area contributed by atoms with Gasteiger partial charge in [0.1, 0.15) is 33.9 Å². The van der Waals surface area contributed by atoms with Crippen LogP contribution in [0.25, 0.3) is 76.5 Å². The molecule has 0 saturated carbocycles. The molecule has 63 heavy (non-hydrogen) atoms. The lowest BCUT2D eigenvalue weighted by molar-refractivity contribution is 0.00753. The molecule has 2 heterocycles. The first-order chi connectivity index (χ1) is 30.5. The fourth-order valence-corrected chi connectivity index (χ4v) is 10.8. The molecule has 1 aliphatic heterocycles. The molecule has 2 aliphatic carbocycles. The van der Waals surface area contributed by atoms with Gasteiger partial charge in [0.05, 0.1) is 11.8 Å². The molecule has 0 fully saturated rings. The quantitative estimate of drug-likeness (QED) is 0.112. The molecule has 0 radical (unpaired) electrons. The van der Waals surface area contributed by atoms with Crippen molar-refractivity contribution in [3.8, 4) is 16.9 Å². The van der Waals surface area contributed by atoms with Crippen molar-refractivity contribution >= 4 is 65.4 Å². The number of allylic oxidation sites excluding steroid dienone is 2. The molecule has 0 spiro atoms. The van der Waals surface area contributed by atoms with E-state index in [2.05, 4.69) is 85.8 Å². The summed E-state index contributed by atoms with van der Waals surface area (Å²) in [5, 5.41) is 63.1. The van der Waals surface area contributed by atoms with Crippen LogP contribution in [-0.4, -0.2) is 36.7 Å². The standard InChI is InChI=1S/C56H40O7/c1-55(61)49(50(57)51(58)52(59)54(55)60)48-37-19-7-5-17-35(37)47(36-18-6-8-20-38(36)48)32-26-30-14-3-4-15-33(30)42(27-32)31-28-43-40-21-10-12-25-46(40)63-56(43,2)44(29-31)41-23-13-22-39-34-16-9-11-24-45(34)62-53(39)41/h3-29,44,49,57-61H,1-2H3. The highest BCUT2D eigenvalue weighted by atomic mass is 16.5. The van der Waals surface area contributed by atoms with Crippen LogP contribution >= 0.6 is 0 Å². The van der Waals surface area contributed by atoms with Crippen LogP contribution < -0.4 is 4.74 Å². The molecule has 4 unspecified atom stereocenters. The highest BCUT2D eigenvalue weighted by molar-refractivity contribution is 6.17. The molecule has 12 rings (SSSR count). The van der Waals surface area contributed by atoms with E-state index in [-0.39, 0.29) is 5.92 Å². The van der Waals surface area contributed by atoms with Gasteiger partial charge in [0, 0.05) is 27.5 Å². The Kier molecular flexibility index (Phi) is 7.72. The van der Waals surface area contributed by atoms with Gasteiger partial charge < -0.3 is 34.7 Å². The fraction of sp³-hybridized carbons (Fsp3) is 0.107. The van der Waals surface area contributed by atoms with Gasteiger partial charge in [-0.25, -0.2) is 0 Å². The molecule has 1 aromatic heterocycles. The van der Waals surface area contributed by atoms with Crippen LogP contribution in [0.3, 0.4) is 0 Å². The van der Waals surface area contributed by atoms with Gasteiger partial charge in [-0.05, 0) is 104 Å². The van der Waals surface area contributed by atoms with E-state index >= 15 is 0 Å². The Morgan fingerprint density at radius 2 is 1.19 bits per heavy atom. The van der Waals surface area contributed by atoms with Gasteiger partial charge in [-0.2, -0.15) is 0 Å². The first-order valence-corrected chi connectivity index (χ1v) is 21.1. The summed E-state index contributed by atoms with van der Waals surface area (Å²) in [4.78, 5) is 0. The minimum absolute atomic E-state index is 0.252. The molecular formula is C56H40O7. The molecule has 3 aliphatic rings. The van der Waals surface area contributed by atoms with Crippen molar-refractivity contribution < 1.29 is 34.7 Å². The Balaban J connectivity index is 1.13. The topological polar surface area (TPSA) is 124 Å². The predicted octanol–water partition coefficient (Wildman–Crippen LogP) is 13.6. The number of benzene rings is 8. The molecule has 5 N–H and O–H groups in total. The second-order valence-electron chi connectivity index (χ2n) is 17.3. The summed E-state index contributed by atoms with van der Waals surface area (Å²) in [6.45, 7) is 3.51. The first-order valence-electron chi connectivity index (χ1n) is 21.1. The summed E-state index contributed by atoms with van der Waals surface area (Å²) in [6.07, 6.45) is 4.62. The van der Waals surface area contributed by atoms with E-state index in [1.54, 1.807) is 0 Å². The summed E-state index contributed by atoms with van der Waals surface area (Å²) in [5.41, 5.74) is 6.40. The van der Waals surface area contributed by atoms with Crippen molar-refractivity contribution in [3.05, 3.63) is 209 Å². The molecule has 0 saturated heterocycles. The van der Waals surface area contributed by atoms with E-state index in [4.69, 9.17) is 9.15 Å². The Bertz CT molecular complexity index is 3540. The van der Waals surface area contributed by atoms with Gasteiger partial charge in [-0.1, -0.05) is 133 Å². The van der Waals surface area contributed by atoms with Crippen LogP contribution in [0.15, 0.2) is 191 Å². The normalized spacial score (nSPS) is 22.1. The largest absolute Gasteiger partial charge is 0.508 e. The van der Waals surface area contributed by atoms with E-state index in [0.29, 0.717) is 16.3 Å². The third-order valence-corrected chi connectivity index (χ3v) is 13.8. The van der Waals surface area contributed by atoms with Crippen molar-refractivity contribution in [2.75, 3.05) is 0 Å². The maximum atomic E-state index is 11.9. The van der Waals surface area contributed by atoms with E-state index in [1.807, 2.05) is 84.9 Å². The monoisotopic (exact) mass is 824 g/mol. The summed E-state index contributed by atoms with van der Waals surface area (Å²) < 4.78 is 13.7. The zero-order valence-corrected chi connectivity index (χ0v) is 34.3. The zero-order chi connectivity index (χ0) is 42.9. The van der Waals surface area contributed by atoms with Crippen LogP contribution in [0.5, 0.6) is 5.75 Å². The number of para-hydroxylation sites is 3. The van der Waals surface area contributed by atoms with Crippen molar-refractivity contribution in [2.24, 2.45) is 0 Å². The number of furan rings is 1. The maximum absolute atomic E-state index is 11.9. The fourth-order valence-electron chi connectivity index (χ4n) is 10.8. The van der Waals surface area contributed by atoms with Crippen molar-refractivity contribution in [1.29, 1.82) is 0 Å². The molecule has 7 nitrogen and oxygen atoms in total. The Hall–Kier alpha value is -7.74. The van der Waals surface area contributed by atoms with Gasteiger partial charge in [0.15, 0.2) is 11.5 Å². The average Bonchev–Trinajstić information content (AvgIpc) is 3.84. The zero-order valence-electron chi connectivity index (χ0n) is 34.3. The lowest BCUT2D eigenvalue weighted by atomic mass is 9.71. The van der Waals surface area contributed by atoms with Crippen LogP contribution in [0.2, 0.25) is 0 Å². The van der Waals surface area contributed by atoms with Crippen LogP contribution in [0, 0.1) is 0 Å². The van der Waals surface area contributed by atoms with E-state index in [1.165, 1.54) is 6.92 Å². The van der Waals surface area contributed by atoms with Gasteiger partial charge in [0.25, 0.3) is 0 Å². The molecule has 0 amide bonds.